The van der Waals surface area contributed by atoms with E-state index in [1.54, 1.807) is 12.1 Å². The smallest absolute Gasteiger partial charge is 0.311 e. The van der Waals surface area contributed by atoms with Gasteiger partial charge in [0.1, 0.15) is 5.92 Å². The van der Waals surface area contributed by atoms with E-state index in [0.29, 0.717) is 23.9 Å². The molecule has 1 aromatic carbocycles. The van der Waals surface area contributed by atoms with Crippen LogP contribution < -0.4 is 10.6 Å². The van der Waals surface area contributed by atoms with Crippen LogP contribution in [0.1, 0.15) is 17.3 Å². The molecule has 114 valence electrons. The Morgan fingerprint density at radius 1 is 1.48 bits per heavy atom. The van der Waals surface area contributed by atoms with Crippen LogP contribution in [0.2, 0.25) is 5.02 Å². The number of amides is 1. The summed E-state index contributed by atoms with van der Waals surface area (Å²) in [7, 11) is 0. The van der Waals surface area contributed by atoms with Crippen LogP contribution in [-0.2, 0) is 9.53 Å². The second-order valence-corrected chi connectivity index (χ2v) is 5.30. The fraction of sp³-hybridized carbons (Fsp3) is 0.429. The Labute approximate surface area is 127 Å². The third kappa shape index (κ3) is 3.11. The average molecular weight is 313 g/mol. The van der Waals surface area contributed by atoms with Gasteiger partial charge in [-0.1, -0.05) is 11.6 Å². The van der Waals surface area contributed by atoms with Gasteiger partial charge in [-0.2, -0.15) is 0 Å². The number of halogens is 1. The van der Waals surface area contributed by atoms with E-state index in [-0.39, 0.29) is 18.2 Å². The van der Waals surface area contributed by atoms with E-state index in [1.165, 1.54) is 6.07 Å². The van der Waals surface area contributed by atoms with Crippen molar-refractivity contribution < 1.29 is 19.4 Å². The van der Waals surface area contributed by atoms with Gasteiger partial charge in [0.25, 0.3) is 5.91 Å². The zero-order valence-corrected chi connectivity index (χ0v) is 12.3. The van der Waals surface area contributed by atoms with Gasteiger partial charge in [0, 0.05) is 17.3 Å². The predicted molar refractivity (Wildman–Crippen MR) is 78.7 cm³/mol. The molecule has 0 aromatic heterocycles. The largest absolute Gasteiger partial charge is 0.481 e. The maximum atomic E-state index is 11.6. The number of ether oxygens (including phenoxy) is 1. The number of carbonyl (C=O) groups excluding carboxylic acids is 1. The Morgan fingerprint density at radius 3 is 2.76 bits per heavy atom. The van der Waals surface area contributed by atoms with Gasteiger partial charge in [-0.15, -0.1) is 0 Å². The minimum absolute atomic E-state index is 0.163. The number of carboxylic acid groups (broad SMARTS) is 1. The summed E-state index contributed by atoms with van der Waals surface area (Å²) in [5, 5.41) is 9.68. The summed E-state index contributed by atoms with van der Waals surface area (Å²) in [5.74, 6) is -2.15. The van der Waals surface area contributed by atoms with Gasteiger partial charge in [0.2, 0.25) is 0 Å². The summed E-state index contributed by atoms with van der Waals surface area (Å²) in [6, 6.07) is 4.49. The summed E-state index contributed by atoms with van der Waals surface area (Å²) in [5.41, 5.74) is 6.26. The van der Waals surface area contributed by atoms with E-state index in [2.05, 4.69) is 0 Å². The van der Waals surface area contributed by atoms with Crippen molar-refractivity contribution in [2.45, 2.75) is 13.0 Å². The molecule has 21 heavy (non-hydrogen) atoms. The van der Waals surface area contributed by atoms with Gasteiger partial charge in [-0.25, -0.2) is 0 Å². The Hall–Kier alpha value is -1.79. The molecular weight excluding hydrogens is 296 g/mol. The third-order valence-electron chi connectivity index (χ3n) is 3.64. The second kappa shape index (κ2) is 6.32. The summed E-state index contributed by atoms with van der Waals surface area (Å²) in [6.45, 7) is 2.87. The number of anilines is 1. The zero-order chi connectivity index (χ0) is 15.6. The number of aliphatic carboxylic acids is 1. The molecule has 0 saturated carbocycles. The summed E-state index contributed by atoms with van der Waals surface area (Å²) < 4.78 is 5.29. The van der Waals surface area contributed by atoms with Crippen molar-refractivity contribution in [3.05, 3.63) is 28.8 Å². The lowest BCUT2D eigenvalue weighted by Crippen LogP contribution is -2.44. The average Bonchev–Trinajstić information content (AvgIpc) is 2.90. The molecule has 1 amide bonds. The molecule has 1 heterocycles. The topological polar surface area (TPSA) is 92.9 Å². The van der Waals surface area contributed by atoms with E-state index < -0.39 is 17.8 Å². The fourth-order valence-electron chi connectivity index (χ4n) is 2.63. The Balaban J connectivity index is 2.42. The first-order chi connectivity index (χ1) is 9.95. The van der Waals surface area contributed by atoms with Gasteiger partial charge in [0.15, 0.2) is 0 Å². The van der Waals surface area contributed by atoms with Crippen LogP contribution in [0.4, 0.5) is 5.69 Å². The molecule has 7 heteroatoms. The number of nitrogens with two attached hydrogens (primary N) is 1. The van der Waals surface area contributed by atoms with Gasteiger partial charge in [-0.05, 0) is 25.1 Å². The molecule has 0 bridgehead atoms. The van der Waals surface area contributed by atoms with Crippen molar-refractivity contribution in [1.29, 1.82) is 0 Å². The molecule has 1 fully saturated rings. The highest BCUT2D eigenvalue weighted by Crippen LogP contribution is 2.30. The van der Waals surface area contributed by atoms with Crippen LogP contribution in [0.15, 0.2) is 18.2 Å². The molecular formula is C14H17ClN2O4. The summed E-state index contributed by atoms with van der Waals surface area (Å²) in [4.78, 5) is 24.8. The molecule has 6 nitrogen and oxygen atoms in total. The van der Waals surface area contributed by atoms with Gasteiger partial charge < -0.3 is 20.5 Å². The maximum absolute atomic E-state index is 11.6. The summed E-state index contributed by atoms with van der Waals surface area (Å²) in [6.07, 6.45) is 0. The first-order valence-electron chi connectivity index (χ1n) is 6.62. The molecule has 0 radical (unpaired) electrons. The second-order valence-electron chi connectivity index (χ2n) is 4.86. The number of hydrogen-bond acceptors (Lipinski definition) is 4. The van der Waals surface area contributed by atoms with Gasteiger partial charge in [0.05, 0.1) is 24.8 Å². The molecule has 2 rings (SSSR count). The lowest BCUT2D eigenvalue weighted by atomic mass is 10.0. The molecule has 0 spiro atoms. The highest BCUT2D eigenvalue weighted by molar-refractivity contribution is 6.31. The van der Waals surface area contributed by atoms with Crippen LogP contribution in [0, 0.1) is 5.92 Å². The number of carbonyl (C=O) groups is 2. The molecule has 1 aromatic rings. The number of nitrogens with zero attached hydrogens (tertiary/aromatic N) is 1. The minimum Gasteiger partial charge on any atom is -0.481 e. The van der Waals surface area contributed by atoms with Crippen LogP contribution >= 0.6 is 11.6 Å². The number of carboxylic acids is 1. The van der Waals surface area contributed by atoms with Crippen molar-refractivity contribution in [3.8, 4) is 0 Å². The third-order valence-corrected chi connectivity index (χ3v) is 3.88. The Morgan fingerprint density at radius 2 is 2.19 bits per heavy atom. The number of benzene rings is 1. The van der Waals surface area contributed by atoms with Gasteiger partial charge in [-0.3, -0.25) is 9.59 Å². The Bertz CT molecular complexity index is 564. The van der Waals surface area contributed by atoms with Crippen molar-refractivity contribution in [2.24, 2.45) is 11.7 Å². The van der Waals surface area contributed by atoms with Crippen LogP contribution in [0.3, 0.4) is 0 Å². The number of rotatable bonds is 5. The minimum atomic E-state index is -0.912. The first-order valence-corrected chi connectivity index (χ1v) is 7.00. The normalized spacial score (nSPS) is 21.2. The molecule has 3 N–H and O–H groups in total. The predicted octanol–water partition coefficient (Wildman–Crippen LogP) is 1.36. The quantitative estimate of drug-likeness (QED) is 0.856. The monoisotopic (exact) mass is 312 g/mol. The van der Waals surface area contributed by atoms with Crippen molar-refractivity contribution in [2.75, 3.05) is 24.7 Å². The van der Waals surface area contributed by atoms with Crippen LogP contribution in [0.25, 0.3) is 0 Å². The SMILES string of the molecule is CCN(c1ccc(Cl)cc1C(N)=O)C1COCC1C(=O)O. The van der Waals surface area contributed by atoms with Crippen LogP contribution in [0.5, 0.6) is 0 Å². The molecule has 2 atom stereocenters. The molecule has 1 saturated heterocycles. The number of likely N-dealkylation sites (N-methyl/N-ethyl adjacent to an activating group) is 1. The molecule has 1 aliphatic heterocycles. The zero-order valence-electron chi connectivity index (χ0n) is 11.6. The highest BCUT2D eigenvalue weighted by Gasteiger charge is 2.38. The van der Waals surface area contributed by atoms with Crippen molar-refractivity contribution in [1.82, 2.24) is 0 Å². The molecule has 1 aliphatic rings. The van der Waals surface area contributed by atoms with E-state index >= 15 is 0 Å². The Kier molecular flexibility index (Phi) is 4.69. The standard InChI is InChI=1S/C14H17ClN2O4/c1-2-17(12-7-21-6-10(12)14(19)20)11-4-3-8(15)5-9(11)13(16)18/h3-5,10,12H,2,6-7H2,1H3,(H2,16,18)(H,19,20). The van der Waals surface area contributed by atoms with E-state index in [1.807, 2.05) is 11.8 Å². The molecule has 2 unspecified atom stereocenters. The number of hydrogen-bond donors (Lipinski definition) is 2. The molecule has 0 aliphatic carbocycles. The lowest BCUT2D eigenvalue weighted by Gasteiger charge is -2.32. The fourth-order valence-corrected chi connectivity index (χ4v) is 2.80. The number of primary amides is 1. The first kappa shape index (κ1) is 15.6. The van der Waals surface area contributed by atoms with E-state index in [0.717, 1.165) is 0 Å². The lowest BCUT2D eigenvalue weighted by molar-refractivity contribution is -0.141. The van der Waals surface area contributed by atoms with Gasteiger partial charge >= 0.3 is 5.97 Å². The maximum Gasteiger partial charge on any atom is 0.311 e. The van der Waals surface area contributed by atoms with Crippen molar-refractivity contribution >= 4 is 29.2 Å². The highest BCUT2D eigenvalue weighted by atomic mass is 35.5. The van der Waals surface area contributed by atoms with Crippen LogP contribution in [-0.4, -0.2) is 42.8 Å². The van der Waals surface area contributed by atoms with E-state index in [9.17, 15) is 14.7 Å². The van der Waals surface area contributed by atoms with E-state index in [4.69, 9.17) is 22.1 Å². The summed E-state index contributed by atoms with van der Waals surface area (Å²) >= 11 is 5.90. The van der Waals surface area contributed by atoms with Crippen molar-refractivity contribution in [3.63, 3.8) is 0 Å².